The van der Waals surface area contributed by atoms with Crippen LogP contribution >= 0.6 is 0 Å². The van der Waals surface area contributed by atoms with Crippen molar-refractivity contribution < 1.29 is 4.42 Å². The molecule has 1 aliphatic heterocycles. The van der Waals surface area contributed by atoms with E-state index in [0.717, 1.165) is 31.3 Å². The Morgan fingerprint density at radius 2 is 2.11 bits per heavy atom. The molecule has 2 rings (SSSR count). The minimum absolute atomic E-state index is 0.693. The molecule has 108 valence electrons. The van der Waals surface area contributed by atoms with Crippen LogP contribution in [0.3, 0.4) is 0 Å². The van der Waals surface area contributed by atoms with Crippen LogP contribution < -0.4 is 5.32 Å². The van der Waals surface area contributed by atoms with E-state index in [4.69, 9.17) is 4.42 Å². The molecule has 0 bridgehead atoms. The molecule has 1 saturated heterocycles. The molecule has 3 nitrogen and oxygen atoms in total. The highest BCUT2D eigenvalue weighted by molar-refractivity contribution is 5.16. The first kappa shape index (κ1) is 14.6. The molecule has 1 aromatic rings. The van der Waals surface area contributed by atoms with Crippen molar-refractivity contribution in [1.29, 1.82) is 0 Å². The van der Waals surface area contributed by atoms with Gasteiger partial charge in [-0.1, -0.05) is 20.8 Å². The summed E-state index contributed by atoms with van der Waals surface area (Å²) in [4.78, 5) is 2.52. The van der Waals surface area contributed by atoms with Gasteiger partial charge in [-0.15, -0.1) is 0 Å². The summed E-state index contributed by atoms with van der Waals surface area (Å²) in [6.07, 6.45) is 4.47. The fourth-order valence-corrected chi connectivity index (χ4v) is 2.58. The van der Waals surface area contributed by atoms with Crippen LogP contribution in [0.25, 0.3) is 0 Å². The van der Waals surface area contributed by atoms with Crippen molar-refractivity contribution >= 4 is 0 Å². The van der Waals surface area contributed by atoms with Gasteiger partial charge >= 0.3 is 0 Å². The van der Waals surface area contributed by atoms with E-state index in [0.29, 0.717) is 5.92 Å². The van der Waals surface area contributed by atoms with E-state index in [-0.39, 0.29) is 0 Å². The highest BCUT2D eigenvalue weighted by Crippen LogP contribution is 2.20. The van der Waals surface area contributed by atoms with Gasteiger partial charge in [-0.2, -0.15) is 0 Å². The van der Waals surface area contributed by atoms with Gasteiger partial charge in [0.05, 0.1) is 12.8 Å². The largest absolute Gasteiger partial charge is 0.468 e. The fraction of sp³-hybridized carbons (Fsp3) is 0.750. The Labute approximate surface area is 117 Å². The Morgan fingerprint density at radius 3 is 2.79 bits per heavy atom. The van der Waals surface area contributed by atoms with Crippen molar-refractivity contribution in [3.8, 4) is 0 Å². The molecule has 3 heteroatoms. The second-order valence-electron chi connectivity index (χ2n) is 6.35. The smallest absolute Gasteiger partial charge is 0.122 e. The normalized spacial score (nSPS) is 18.3. The molecule has 2 heterocycles. The van der Waals surface area contributed by atoms with Crippen LogP contribution in [-0.2, 0) is 13.1 Å². The van der Waals surface area contributed by atoms with Crippen molar-refractivity contribution in [2.75, 3.05) is 19.6 Å². The molecule has 1 N–H and O–H groups in total. The molecule has 1 aliphatic rings. The summed E-state index contributed by atoms with van der Waals surface area (Å²) in [5, 5.41) is 3.49. The zero-order valence-corrected chi connectivity index (χ0v) is 12.6. The molecule has 0 amide bonds. The summed E-state index contributed by atoms with van der Waals surface area (Å²) in [6.45, 7) is 12.2. The number of nitrogens with zero attached hydrogens (tertiary/aromatic N) is 1. The Balaban J connectivity index is 1.81. The SMILES string of the molecule is CC(C)CNCc1ccoc1CN1CCC(C)CC1. The summed E-state index contributed by atoms with van der Waals surface area (Å²) in [5.41, 5.74) is 1.32. The summed E-state index contributed by atoms with van der Waals surface area (Å²) >= 11 is 0. The lowest BCUT2D eigenvalue weighted by Gasteiger charge is -2.29. The number of rotatable bonds is 6. The van der Waals surface area contributed by atoms with Crippen molar-refractivity contribution in [1.82, 2.24) is 10.2 Å². The molecule has 0 aliphatic carbocycles. The molecule has 0 saturated carbocycles. The van der Waals surface area contributed by atoms with E-state index in [1.54, 1.807) is 0 Å². The van der Waals surface area contributed by atoms with Crippen LogP contribution in [0.15, 0.2) is 16.7 Å². The maximum absolute atomic E-state index is 5.67. The van der Waals surface area contributed by atoms with Gasteiger partial charge in [0.2, 0.25) is 0 Å². The lowest BCUT2D eigenvalue weighted by Crippen LogP contribution is -2.32. The van der Waals surface area contributed by atoms with Crippen LogP contribution in [0.4, 0.5) is 0 Å². The number of hydrogen-bond acceptors (Lipinski definition) is 3. The number of nitrogens with one attached hydrogen (secondary N) is 1. The number of piperidine rings is 1. The maximum atomic E-state index is 5.67. The summed E-state index contributed by atoms with van der Waals surface area (Å²) < 4.78 is 5.67. The monoisotopic (exact) mass is 264 g/mol. The van der Waals surface area contributed by atoms with Gasteiger partial charge < -0.3 is 9.73 Å². The first-order valence-electron chi connectivity index (χ1n) is 7.63. The van der Waals surface area contributed by atoms with Crippen molar-refractivity contribution in [2.45, 2.75) is 46.7 Å². The third-order valence-electron chi connectivity index (χ3n) is 3.95. The van der Waals surface area contributed by atoms with Crippen LogP contribution in [0, 0.1) is 11.8 Å². The Hall–Kier alpha value is -0.800. The molecule has 19 heavy (non-hydrogen) atoms. The Morgan fingerprint density at radius 1 is 1.37 bits per heavy atom. The predicted molar refractivity (Wildman–Crippen MR) is 78.9 cm³/mol. The van der Waals surface area contributed by atoms with Crippen molar-refractivity contribution in [3.63, 3.8) is 0 Å². The van der Waals surface area contributed by atoms with Gasteiger partial charge in [0.15, 0.2) is 0 Å². The topological polar surface area (TPSA) is 28.4 Å². The molecular formula is C16H28N2O. The maximum Gasteiger partial charge on any atom is 0.122 e. The minimum Gasteiger partial charge on any atom is -0.468 e. The van der Waals surface area contributed by atoms with Gasteiger partial charge in [0.1, 0.15) is 5.76 Å². The van der Waals surface area contributed by atoms with Gasteiger partial charge in [0, 0.05) is 12.1 Å². The first-order chi connectivity index (χ1) is 9.15. The minimum atomic E-state index is 0.693. The van der Waals surface area contributed by atoms with Gasteiger partial charge in [-0.25, -0.2) is 0 Å². The van der Waals surface area contributed by atoms with Gasteiger partial charge in [-0.05, 0) is 50.4 Å². The molecule has 0 atom stereocenters. The Kier molecular flexibility index (Phi) is 5.46. The van der Waals surface area contributed by atoms with Crippen molar-refractivity contribution in [2.24, 2.45) is 11.8 Å². The average Bonchev–Trinajstić information content (AvgIpc) is 2.79. The Bertz CT molecular complexity index is 365. The lowest BCUT2D eigenvalue weighted by atomic mass is 9.99. The zero-order chi connectivity index (χ0) is 13.7. The molecule has 0 aromatic carbocycles. The summed E-state index contributed by atoms with van der Waals surface area (Å²) in [7, 11) is 0. The number of hydrogen-bond donors (Lipinski definition) is 1. The highest BCUT2D eigenvalue weighted by atomic mass is 16.3. The molecular weight excluding hydrogens is 236 g/mol. The third-order valence-corrected chi connectivity index (χ3v) is 3.95. The summed E-state index contributed by atoms with van der Waals surface area (Å²) in [5.74, 6) is 2.73. The van der Waals surface area contributed by atoms with E-state index in [2.05, 4.69) is 37.1 Å². The predicted octanol–water partition coefficient (Wildman–Crippen LogP) is 3.26. The van der Waals surface area contributed by atoms with Crippen LogP contribution in [0.5, 0.6) is 0 Å². The first-order valence-corrected chi connectivity index (χ1v) is 7.63. The van der Waals surface area contributed by atoms with E-state index in [1.807, 2.05) is 6.26 Å². The molecule has 0 radical (unpaired) electrons. The molecule has 0 unspecified atom stereocenters. The van der Waals surface area contributed by atoms with Crippen LogP contribution in [0.1, 0.15) is 44.9 Å². The number of likely N-dealkylation sites (tertiary alicyclic amines) is 1. The summed E-state index contributed by atoms with van der Waals surface area (Å²) in [6, 6.07) is 2.11. The van der Waals surface area contributed by atoms with E-state index in [9.17, 15) is 0 Å². The molecule has 0 spiro atoms. The van der Waals surface area contributed by atoms with E-state index in [1.165, 1.54) is 31.5 Å². The number of furan rings is 1. The standard InChI is InChI=1S/C16H28N2O/c1-13(2)10-17-11-15-6-9-19-16(15)12-18-7-4-14(3)5-8-18/h6,9,13-14,17H,4-5,7-8,10-12H2,1-3H3. The highest BCUT2D eigenvalue weighted by Gasteiger charge is 2.18. The average molecular weight is 264 g/mol. The van der Waals surface area contributed by atoms with E-state index < -0.39 is 0 Å². The van der Waals surface area contributed by atoms with Crippen LogP contribution in [0.2, 0.25) is 0 Å². The second kappa shape index (κ2) is 7.11. The quantitative estimate of drug-likeness (QED) is 0.855. The lowest BCUT2D eigenvalue weighted by molar-refractivity contribution is 0.173. The van der Waals surface area contributed by atoms with Gasteiger partial charge in [-0.3, -0.25) is 4.90 Å². The van der Waals surface area contributed by atoms with E-state index >= 15 is 0 Å². The zero-order valence-electron chi connectivity index (χ0n) is 12.6. The molecule has 1 aromatic heterocycles. The van der Waals surface area contributed by atoms with Gasteiger partial charge in [0.25, 0.3) is 0 Å². The van der Waals surface area contributed by atoms with Crippen LogP contribution in [-0.4, -0.2) is 24.5 Å². The third kappa shape index (κ3) is 4.66. The molecule has 1 fully saturated rings. The second-order valence-corrected chi connectivity index (χ2v) is 6.35. The fourth-order valence-electron chi connectivity index (χ4n) is 2.58. The van der Waals surface area contributed by atoms with Crippen molar-refractivity contribution in [3.05, 3.63) is 23.7 Å².